The number of hydrogen-bond acceptors (Lipinski definition) is 14. The maximum atomic E-state index is 14.3. The standard InChI is InChI=1S/C53H57Cl2FN6O9Si/c1-53(2,3)72(6,7)71-37-16-17-42(67-30-36-18-19-57-49(60-36)39-10-8-9-11-43(39)66-5)33(24-37)27-44(52(64)65)69-50-46-45(47(70-51(46)59-31-58-50)32-12-14-35(56)15-13-32)34-25-40(54)48(41(55)26-34)68-38(29-63)28-62-22-20-61(4)21-23-62/h8-19,24-26,31,38,44,63H,20-23,27-30H2,1-7H3,(H,64,65)/t38-,44?/m0/s1. The minimum atomic E-state index is -2.36. The lowest BCUT2D eigenvalue weighted by Gasteiger charge is -2.36. The number of aliphatic carboxylic acids is 1. The van der Waals surface area contributed by atoms with Crippen molar-refractivity contribution in [3.63, 3.8) is 0 Å². The second-order valence-electron chi connectivity index (χ2n) is 19.1. The Kier molecular flexibility index (Phi) is 16.0. The average molecular weight is 1040 g/mol. The Labute approximate surface area is 428 Å². The molecule has 1 saturated heterocycles. The number of furan rings is 1. The molecule has 7 aromatic rings. The number of carboxylic acid groups (broad SMARTS) is 1. The quantitative estimate of drug-likeness (QED) is 0.0732. The summed E-state index contributed by atoms with van der Waals surface area (Å²) in [5.74, 6) is 0.491. The molecule has 0 saturated carbocycles. The summed E-state index contributed by atoms with van der Waals surface area (Å²) in [5, 5.41) is 21.6. The number of carboxylic acids is 1. The highest BCUT2D eigenvalue weighted by atomic mass is 35.5. The molecule has 1 unspecified atom stereocenters. The summed E-state index contributed by atoms with van der Waals surface area (Å²) in [6.07, 6.45) is 0.451. The first-order valence-corrected chi connectivity index (χ1v) is 27.1. The molecule has 0 radical (unpaired) electrons. The van der Waals surface area contributed by atoms with Crippen LogP contribution in [0.25, 0.3) is 44.9 Å². The Morgan fingerprint density at radius 3 is 2.31 bits per heavy atom. The van der Waals surface area contributed by atoms with Gasteiger partial charge in [0.15, 0.2) is 11.6 Å². The number of para-hydroxylation sites is 1. The monoisotopic (exact) mass is 1040 g/mol. The molecule has 72 heavy (non-hydrogen) atoms. The molecule has 1 aliphatic heterocycles. The summed E-state index contributed by atoms with van der Waals surface area (Å²) >= 11 is 14.0. The third-order valence-corrected chi connectivity index (χ3v) is 17.9. The highest BCUT2D eigenvalue weighted by Gasteiger charge is 2.39. The van der Waals surface area contributed by atoms with E-state index in [1.807, 2.05) is 30.3 Å². The molecule has 8 rings (SSSR count). The van der Waals surface area contributed by atoms with Gasteiger partial charge in [-0.3, -0.25) is 4.90 Å². The van der Waals surface area contributed by atoms with Crippen molar-refractivity contribution in [2.75, 3.05) is 53.5 Å². The Morgan fingerprint density at radius 1 is 0.903 bits per heavy atom. The Morgan fingerprint density at radius 2 is 1.62 bits per heavy atom. The fourth-order valence-corrected chi connectivity index (χ4v) is 9.58. The van der Waals surface area contributed by atoms with Gasteiger partial charge in [0.2, 0.25) is 26.0 Å². The van der Waals surface area contributed by atoms with Crippen molar-refractivity contribution >= 4 is 48.6 Å². The molecule has 1 fully saturated rings. The predicted molar refractivity (Wildman–Crippen MR) is 276 cm³/mol. The Bertz CT molecular complexity index is 3020. The van der Waals surface area contributed by atoms with Crippen LogP contribution in [0.4, 0.5) is 4.39 Å². The summed E-state index contributed by atoms with van der Waals surface area (Å²) in [7, 11) is 1.29. The number of rotatable bonds is 19. The van der Waals surface area contributed by atoms with Crippen LogP contribution >= 0.6 is 23.2 Å². The van der Waals surface area contributed by atoms with Crippen LogP contribution in [0.5, 0.6) is 28.9 Å². The smallest absolute Gasteiger partial charge is 0.345 e. The van der Waals surface area contributed by atoms with E-state index in [0.717, 1.165) is 26.2 Å². The maximum Gasteiger partial charge on any atom is 0.345 e. The fraction of sp³-hybridized carbons (Fsp3) is 0.340. The molecule has 1 aliphatic rings. The van der Waals surface area contributed by atoms with Crippen LogP contribution in [0, 0.1) is 5.82 Å². The number of aliphatic hydroxyl groups excluding tert-OH is 1. The van der Waals surface area contributed by atoms with E-state index in [9.17, 15) is 19.4 Å². The van der Waals surface area contributed by atoms with Crippen molar-refractivity contribution in [2.24, 2.45) is 0 Å². The molecule has 15 nitrogen and oxygen atoms in total. The number of likely N-dealkylation sites (N-methyl/N-ethyl adjacent to an activating group) is 1. The molecule has 378 valence electrons. The van der Waals surface area contributed by atoms with Crippen molar-refractivity contribution < 1.29 is 47.2 Å². The number of ether oxygens (including phenoxy) is 4. The molecule has 3 aromatic heterocycles. The topological polar surface area (TPSA) is 175 Å². The second-order valence-corrected chi connectivity index (χ2v) is 24.6. The highest BCUT2D eigenvalue weighted by Crippen LogP contribution is 2.47. The van der Waals surface area contributed by atoms with Crippen LogP contribution in [0.3, 0.4) is 0 Å². The van der Waals surface area contributed by atoms with Crippen molar-refractivity contribution in [1.82, 2.24) is 29.7 Å². The van der Waals surface area contributed by atoms with E-state index in [1.54, 1.807) is 43.6 Å². The molecule has 2 atom stereocenters. The van der Waals surface area contributed by atoms with Crippen molar-refractivity contribution in [3.05, 3.63) is 125 Å². The Hall–Kier alpha value is -6.34. The van der Waals surface area contributed by atoms with Crippen LogP contribution in [0.15, 0.2) is 102 Å². The molecule has 0 amide bonds. The van der Waals surface area contributed by atoms with Crippen LogP contribution in [-0.2, 0) is 17.8 Å². The van der Waals surface area contributed by atoms with E-state index >= 15 is 0 Å². The predicted octanol–water partition coefficient (Wildman–Crippen LogP) is 10.5. The van der Waals surface area contributed by atoms with Crippen LogP contribution in [0.2, 0.25) is 28.2 Å². The number of nitrogens with zero attached hydrogens (tertiary/aromatic N) is 6. The van der Waals surface area contributed by atoms with E-state index in [-0.39, 0.29) is 63.2 Å². The van der Waals surface area contributed by atoms with Crippen molar-refractivity contribution in [1.29, 1.82) is 0 Å². The van der Waals surface area contributed by atoms with Crippen LogP contribution in [-0.4, -0.2) is 120 Å². The Balaban J connectivity index is 1.15. The SMILES string of the molecule is COc1ccccc1-c1nccc(COc2ccc(O[Si](C)(C)C(C)(C)C)cc2CC(Oc2ncnc3oc(-c4ccc(F)cc4)c(-c4cc(Cl)c(O[C@H](CO)CN5CCN(C)CC5)c(Cl)c4)c23)C(=O)O)n1. The number of benzene rings is 4. The number of aliphatic hydroxyl groups is 1. The zero-order valence-electron chi connectivity index (χ0n) is 41.1. The zero-order valence-corrected chi connectivity index (χ0v) is 43.6. The van der Waals surface area contributed by atoms with Gasteiger partial charge < -0.3 is 42.9 Å². The van der Waals surface area contributed by atoms with Gasteiger partial charge in [-0.1, -0.05) is 56.1 Å². The third-order valence-electron chi connectivity index (χ3n) is 13.0. The normalized spacial score (nSPS) is 14.5. The number of hydrogen-bond donors (Lipinski definition) is 2. The third kappa shape index (κ3) is 11.9. The molecule has 4 aromatic carbocycles. The molecule has 4 heterocycles. The molecule has 0 spiro atoms. The lowest BCUT2D eigenvalue weighted by Crippen LogP contribution is -2.48. The summed E-state index contributed by atoms with van der Waals surface area (Å²) in [6.45, 7) is 14.2. The van der Waals surface area contributed by atoms with Gasteiger partial charge in [0.25, 0.3) is 0 Å². The van der Waals surface area contributed by atoms with Gasteiger partial charge in [0.05, 0.1) is 35.0 Å². The average Bonchev–Trinajstić information content (AvgIpc) is 3.75. The van der Waals surface area contributed by atoms with Crippen molar-refractivity contribution in [2.45, 2.75) is 64.1 Å². The molecule has 0 aliphatic carbocycles. The summed E-state index contributed by atoms with van der Waals surface area (Å²) < 4.78 is 52.1. The van der Waals surface area contributed by atoms with Gasteiger partial charge >= 0.3 is 5.97 Å². The summed E-state index contributed by atoms with van der Waals surface area (Å²) in [5.41, 5.74) is 3.01. The first-order chi connectivity index (χ1) is 34.4. The van der Waals surface area contributed by atoms with E-state index in [1.165, 1.54) is 30.6 Å². The molecule has 0 bridgehead atoms. The van der Waals surface area contributed by atoms with Crippen LogP contribution < -0.4 is 23.4 Å². The number of piperazine rings is 1. The number of carbonyl (C=O) groups is 1. The second kappa shape index (κ2) is 22.2. The number of aromatic nitrogens is 4. The van der Waals surface area contributed by atoms with E-state index in [0.29, 0.717) is 63.1 Å². The van der Waals surface area contributed by atoms with Gasteiger partial charge in [0.1, 0.15) is 53.3 Å². The summed E-state index contributed by atoms with van der Waals surface area (Å²) in [4.78, 5) is 36.0. The van der Waals surface area contributed by atoms with Gasteiger partial charge in [-0.25, -0.2) is 29.1 Å². The maximum absolute atomic E-state index is 14.3. The van der Waals surface area contributed by atoms with E-state index < -0.39 is 32.3 Å². The van der Waals surface area contributed by atoms with E-state index in [2.05, 4.69) is 65.7 Å². The summed E-state index contributed by atoms with van der Waals surface area (Å²) in [6, 6.07) is 23.4. The minimum Gasteiger partial charge on any atom is -0.543 e. The van der Waals surface area contributed by atoms with E-state index in [4.69, 9.17) is 56.0 Å². The van der Waals surface area contributed by atoms with Gasteiger partial charge in [-0.15, -0.1) is 0 Å². The number of fused-ring (bicyclic) bond motifs is 1. The van der Waals surface area contributed by atoms with Crippen LogP contribution in [0.1, 0.15) is 32.0 Å². The van der Waals surface area contributed by atoms with Crippen molar-refractivity contribution in [3.8, 4) is 62.7 Å². The zero-order chi connectivity index (χ0) is 51.3. The minimum absolute atomic E-state index is 0.0155. The largest absolute Gasteiger partial charge is 0.543 e. The fourth-order valence-electron chi connectivity index (χ4n) is 7.98. The lowest BCUT2D eigenvalue weighted by atomic mass is 9.99. The first kappa shape index (κ1) is 52.0. The molecular formula is C53H57Cl2FN6O9Si. The molecular weight excluding hydrogens is 983 g/mol. The molecule has 2 N–H and O–H groups in total. The number of methoxy groups -OCH3 is 1. The molecule has 19 heteroatoms. The van der Waals surface area contributed by atoms with Gasteiger partial charge in [0, 0.05) is 62.0 Å². The number of halogens is 3. The van der Waals surface area contributed by atoms with Gasteiger partial charge in [-0.05, 0) is 104 Å². The first-order valence-electron chi connectivity index (χ1n) is 23.4. The van der Waals surface area contributed by atoms with Gasteiger partial charge in [-0.2, -0.15) is 0 Å². The lowest BCUT2D eigenvalue weighted by molar-refractivity contribution is -0.145. The highest BCUT2D eigenvalue weighted by molar-refractivity contribution is 6.74.